The summed E-state index contributed by atoms with van der Waals surface area (Å²) < 4.78 is 26.4. The molecule has 0 aromatic heterocycles. The van der Waals surface area contributed by atoms with Crippen LogP contribution in [0.1, 0.15) is 23.5 Å². The number of nitrogens with zero attached hydrogens (tertiary/aromatic N) is 1. The quantitative estimate of drug-likeness (QED) is 0.940. The van der Waals surface area contributed by atoms with Gasteiger partial charge in [0.1, 0.15) is 11.6 Å². The number of likely N-dealkylation sites (tertiary alicyclic amines) is 1. The van der Waals surface area contributed by atoms with Crippen LogP contribution in [0.4, 0.5) is 8.78 Å². The van der Waals surface area contributed by atoms with Crippen molar-refractivity contribution in [3.63, 3.8) is 0 Å². The molecule has 0 aliphatic carbocycles. The Morgan fingerprint density at radius 3 is 1.86 bits per heavy atom. The highest BCUT2D eigenvalue weighted by Gasteiger charge is 2.24. The first-order valence-electron chi connectivity index (χ1n) is 7.60. The lowest BCUT2D eigenvalue weighted by Crippen LogP contribution is -2.30. The van der Waals surface area contributed by atoms with E-state index in [-0.39, 0.29) is 23.6 Å². The summed E-state index contributed by atoms with van der Waals surface area (Å²) in [7, 11) is 0. The highest BCUT2D eigenvalue weighted by Crippen LogP contribution is 2.27. The fraction of sp³-hybridized carbons (Fsp3) is 0.333. The van der Waals surface area contributed by atoms with Gasteiger partial charge in [-0.2, -0.15) is 0 Å². The number of hydrogen-bond donors (Lipinski definition) is 1. The standard InChI is InChI=1S/C18H20F2N2/c19-15-5-1-13(2-6-15)18(12-22-10-9-17(21)11-22)14-3-7-16(20)8-4-14/h1-8,17-18H,9-12,21H2/t17-/m1/s1. The third kappa shape index (κ3) is 3.51. The molecular weight excluding hydrogens is 282 g/mol. The third-order valence-corrected chi connectivity index (χ3v) is 4.29. The van der Waals surface area contributed by atoms with E-state index in [1.54, 1.807) is 24.3 Å². The van der Waals surface area contributed by atoms with Gasteiger partial charge in [0.15, 0.2) is 0 Å². The molecule has 1 atom stereocenters. The van der Waals surface area contributed by atoms with Gasteiger partial charge in [0.2, 0.25) is 0 Å². The zero-order valence-corrected chi connectivity index (χ0v) is 12.4. The summed E-state index contributed by atoms with van der Waals surface area (Å²) in [6.07, 6.45) is 1.000. The lowest BCUT2D eigenvalue weighted by Gasteiger charge is -2.24. The fourth-order valence-corrected chi connectivity index (χ4v) is 3.08. The Kier molecular flexibility index (Phi) is 4.50. The minimum atomic E-state index is -0.246. The van der Waals surface area contributed by atoms with E-state index in [0.29, 0.717) is 0 Å². The molecule has 2 nitrogen and oxygen atoms in total. The molecule has 3 rings (SSSR count). The first-order chi connectivity index (χ1) is 10.6. The Hall–Kier alpha value is -1.78. The van der Waals surface area contributed by atoms with Gasteiger partial charge in [0, 0.05) is 25.0 Å². The smallest absolute Gasteiger partial charge is 0.123 e. The number of halogens is 2. The van der Waals surface area contributed by atoms with E-state index in [0.717, 1.165) is 37.2 Å². The van der Waals surface area contributed by atoms with E-state index in [1.165, 1.54) is 24.3 Å². The first kappa shape index (κ1) is 15.1. The van der Waals surface area contributed by atoms with Gasteiger partial charge >= 0.3 is 0 Å². The van der Waals surface area contributed by atoms with Crippen molar-refractivity contribution in [1.29, 1.82) is 0 Å². The first-order valence-corrected chi connectivity index (χ1v) is 7.60. The van der Waals surface area contributed by atoms with Crippen molar-refractivity contribution in [2.75, 3.05) is 19.6 Å². The molecule has 2 N–H and O–H groups in total. The molecule has 116 valence electrons. The number of benzene rings is 2. The molecule has 22 heavy (non-hydrogen) atoms. The van der Waals surface area contributed by atoms with Crippen molar-refractivity contribution in [3.05, 3.63) is 71.3 Å². The summed E-state index contributed by atoms with van der Waals surface area (Å²) in [5.74, 6) is -0.402. The average Bonchev–Trinajstić information content (AvgIpc) is 2.92. The highest BCUT2D eigenvalue weighted by atomic mass is 19.1. The Balaban J connectivity index is 1.87. The van der Waals surface area contributed by atoms with Crippen molar-refractivity contribution in [2.45, 2.75) is 18.4 Å². The van der Waals surface area contributed by atoms with Crippen LogP contribution in [-0.2, 0) is 0 Å². The summed E-state index contributed by atoms with van der Waals surface area (Å²) in [6.45, 7) is 2.66. The Bertz CT molecular complexity index is 564. The van der Waals surface area contributed by atoms with Crippen molar-refractivity contribution in [2.24, 2.45) is 5.73 Å². The molecule has 1 saturated heterocycles. The maximum atomic E-state index is 13.2. The van der Waals surface area contributed by atoms with Gasteiger partial charge in [-0.3, -0.25) is 0 Å². The van der Waals surface area contributed by atoms with Gasteiger partial charge in [-0.15, -0.1) is 0 Å². The van der Waals surface area contributed by atoms with Crippen LogP contribution >= 0.6 is 0 Å². The summed E-state index contributed by atoms with van der Waals surface area (Å²) in [5.41, 5.74) is 8.05. The predicted molar refractivity (Wildman–Crippen MR) is 83.7 cm³/mol. The van der Waals surface area contributed by atoms with E-state index < -0.39 is 0 Å². The maximum Gasteiger partial charge on any atom is 0.123 e. The second-order valence-corrected chi connectivity index (χ2v) is 5.96. The van der Waals surface area contributed by atoms with E-state index in [4.69, 9.17) is 5.73 Å². The van der Waals surface area contributed by atoms with Crippen LogP contribution in [0.5, 0.6) is 0 Å². The lowest BCUT2D eigenvalue weighted by atomic mass is 9.90. The van der Waals surface area contributed by atoms with Gasteiger partial charge in [0.25, 0.3) is 0 Å². The molecule has 0 amide bonds. The lowest BCUT2D eigenvalue weighted by molar-refractivity contribution is 0.323. The summed E-state index contributed by atoms with van der Waals surface area (Å²) in [6, 6.07) is 13.3. The minimum Gasteiger partial charge on any atom is -0.326 e. The van der Waals surface area contributed by atoms with Gasteiger partial charge in [-0.05, 0) is 48.4 Å². The van der Waals surface area contributed by atoms with E-state index in [1.807, 2.05) is 0 Å². The van der Waals surface area contributed by atoms with Crippen molar-refractivity contribution < 1.29 is 8.78 Å². The van der Waals surface area contributed by atoms with Gasteiger partial charge < -0.3 is 10.6 Å². The van der Waals surface area contributed by atoms with Gasteiger partial charge in [0.05, 0.1) is 0 Å². The van der Waals surface area contributed by atoms with Crippen LogP contribution < -0.4 is 5.73 Å². The van der Waals surface area contributed by atoms with Gasteiger partial charge in [-0.25, -0.2) is 8.78 Å². The molecule has 2 aromatic carbocycles. The fourth-order valence-electron chi connectivity index (χ4n) is 3.08. The topological polar surface area (TPSA) is 29.3 Å². The van der Waals surface area contributed by atoms with Crippen molar-refractivity contribution >= 4 is 0 Å². The molecule has 0 spiro atoms. The molecule has 0 bridgehead atoms. The molecule has 1 fully saturated rings. The molecule has 0 radical (unpaired) electrons. The van der Waals surface area contributed by atoms with Crippen molar-refractivity contribution in [1.82, 2.24) is 4.90 Å². The molecule has 0 saturated carbocycles. The Labute approximate surface area is 129 Å². The number of nitrogens with two attached hydrogens (primary N) is 1. The second-order valence-electron chi connectivity index (χ2n) is 5.96. The van der Waals surface area contributed by atoms with Crippen molar-refractivity contribution in [3.8, 4) is 0 Å². The Morgan fingerprint density at radius 2 is 1.45 bits per heavy atom. The molecular formula is C18H20F2N2. The minimum absolute atomic E-state index is 0.0894. The van der Waals surface area contributed by atoms with Crippen LogP contribution in [0.15, 0.2) is 48.5 Å². The normalized spacial score (nSPS) is 19.0. The predicted octanol–water partition coefficient (Wildman–Crippen LogP) is 3.13. The average molecular weight is 302 g/mol. The zero-order valence-electron chi connectivity index (χ0n) is 12.4. The van der Waals surface area contributed by atoms with Crippen LogP contribution in [-0.4, -0.2) is 30.6 Å². The molecule has 1 aliphatic heterocycles. The number of hydrogen-bond acceptors (Lipinski definition) is 2. The van der Waals surface area contributed by atoms with Gasteiger partial charge in [-0.1, -0.05) is 24.3 Å². The third-order valence-electron chi connectivity index (χ3n) is 4.29. The summed E-state index contributed by atoms with van der Waals surface area (Å²) >= 11 is 0. The molecule has 1 aliphatic rings. The van der Waals surface area contributed by atoms with Crippen LogP contribution in [0, 0.1) is 11.6 Å². The largest absolute Gasteiger partial charge is 0.326 e. The van der Waals surface area contributed by atoms with Crippen LogP contribution in [0.2, 0.25) is 0 Å². The maximum absolute atomic E-state index is 13.2. The highest BCUT2D eigenvalue weighted by molar-refractivity contribution is 5.33. The zero-order chi connectivity index (χ0) is 15.5. The Morgan fingerprint density at radius 1 is 0.955 bits per heavy atom. The molecule has 4 heteroatoms. The monoisotopic (exact) mass is 302 g/mol. The van der Waals surface area contributed by atoms with E-state index >= 15 is 0 Å². The van der Waals surface area contributed by atoms with E-state index in [9.17, 15) is 8.78 Å². The summed E-state index contributed by atoms with van der Waals surface area (Å²) in [5, 5.41) is 0. The SMILES string of the molecule is N[C@@H]1CCN(CC(c2ccc(F)cc2)c2ccc(F)cc2)C1. The second kappa shape index (κ2) is 6.55. The molecule has 1 heterocycles. The summed E-state index contributed by atoms with van der Waals surface area (Å²) in [4.78, 5) is 2.32. The molecule has 2 aromatic rings. The van der Waals surface area contributed by atoms with E-state index in [2.05, 4.69) is 4.90 Å². The molecule has 0 unspecified atom stereocenters. The van der Waals surface area contributed by atoms with Crippen LogP contribution in [0.25, 0.3) is 0 Å². The van der Waals surface area contributed by atoms with Crippen LogP contribution in [0.3, 0.4) is 0 Å². The number of rotatable bonds is 4.